The van der Waals surface area contributed by atoms with Gasteiger partial charge >= 0.3 is 5.97 Å². The molecule has 4 heteroatoms. The zero-order chi connectivity index (χ0) is 13.8. The van der Waals surface area contributed by atoms with Crippen molar-refractivity contribution in [3.8, 4) is 0 Å². The van der Waals surface area contributed by atoms with Crippen LogP contribution in [0.15, 0.2) is 30.3 Å². The summed E-state index contributed by atoms with van der Waals surface area (Å²) < 4.78 is 0. The summed E-state index contributed by atoms with van der Waals surface area (Å²) in [5.74, 6) is -0.798. The number of nitrogens with zero attached hydrogens (tertiary/aromatic N) is 1. The van der Waals surface area contributed by atoms with Crippen molar-refractivity contribution < 1.29 is 9.90 Å². The van der Waals surface area contributed by atoms with Gasteiger partial charge in [-0.3, -0.25) is 9.78 Å². The van der Waals surface area contributed by atoms with Gasteiger partial charge in [-0.25, -0.2) is 0 Å². The third-order valence-corrected chi connectivity index (χ3v) is 3.12. The lowest BCUT2D eigenvalue weighted by Crippen LogP contribution is -2.23. The number of fused-ring (bicyclic) bond motifs is 1. The molecule has 1 atom stereocenters. The third kappa shape index (κ3) is 3.76. The number of carboxylic acid groups (broad SMARTS) is 1. The first kappa shape index (κ1) is 13.5. The summed E-state index contributed by atoms with van der Waals surface area (Å²) in [6, 6.07) is 9.98. The SMILES string of the molecule is Cc1ccc2cc(CC(N)CCC(=O)O)ccc2n1. The van der Waals surface area contributed by atoms with E-state index in [2.05, 4.69) is 11.1 Å². The zero-order valence-corrected chi connectivity index (χ0v) is 11.0. The number of carbonyl (C=O) groups is 1. The number of aryl methyl sites for hydroxylation is 1. The fourth-order valence-corrected chi connectivity index (χ4v) is 2.12. The van der Waals surface area contributed by atoms with Crippen molar-refractivity contribution in [2.75, 3.05) is 0 Å². The van der Waals surface area contributed by atoms with Crippen LogP contribution in [0.1, 0.15) is 24.1 Å². The quantitative estimate of drug-likeness (QED) is 0.862. The number of carboxylic acids is 1. The van der Waals surface area contributed by atoms with Crippen LogP contribution in [0, 0.1) is 6.92 Å². The lowest BCUT2D eigenvalue weighted by Gasteiger charge is -2.11. The second-order valence-corrected chi connectivity index (χ2v) is 4.88. The van der Waals surface area contributed by atoms with Crippen molar-refractivity contribution in [2.45, 2.75) is 32.2 Å². The molecule has 2 rings (SSSR count). The Morgan fingerprint density at radius 2 is 2.16 bits per heavy atom. The molecule has 1 aromatic carbocycles. The summed E-state index contributed by atoms with van der Waals surface area (Å²) in [7, 11) is 0. The Hall–Kier alpha value is -1.94. The molecule has 0 bridgehead atoms. The van der Waals surface area contributed by atoms with Gasteiger partial charge in [-0.2, -0.15) is 0 Å². The summed E-state index contributed by atoms with van der Waals surface area (Å²) in [5, 5.41) is 9.72. The summed E-state index contributed by atoms with van der Waals surface area (Å²) in [5.41, 5.74) is 9.04. The van der Waals surface area contributed by atoms with Crippen LogP contribution < -0.4 is 5.73 Å². The first-order chi connectivity index (χ1) is 9.04. The molecule has 0 saturated carbocycles. The van der Waals surface area contributed by atoms with E-state index in [1.807, 2.05) is 31.2 Å². The minimum absolute atomic E-state index is 0.119. The highest BCUT2D eigenvalue weighted by atomic mass is 16.4. The molecule has 0 aliphatic carbocycles. The number of pyridine rings is 1. The molecule has 0 spiro atoms. The first-order valence-corrected chi connectivity index (χ1v) is 6.38. The average molecular weight is 258 g/mol. The van der Waals surface area contributed by atoms with E-state index < -0.39 is 5.97 Å². The Balaban J connectivity index is 2.08. The van der Waals surface area contributed by atoms with Crippen molar-refractivity contribution in [1.82, 2.24) is 4.98 Å². The van der Waals surface area contributed by atoms with Gasteiger partial charge in [0.15, 0.2) is 0 Å². The summed E-state index contributed by atoms with van der Waals surface area (Å²) in [6.07, 6.45) is 1.31. The van der Waals surface area contributed by atoms with E-state index >= 15 is 0 Å². The molecule has 100 valence electrons. The summed E-state index contributed by atoms with van der Waals surface area (Å²) in [4.78, 5) is 14.9. The van der Waals surface area contributed by atoms with Crippen molar-refractivity contribution >= 4 is 16.9 Å². The Morgan fingerprint density at radius 1 is 1.37 bits per heavy atom. The van der Waals surface area contributed by atoms with E-state index in [0.29, 0.717) is 12.8 Å². The molecule has 19 heavy (non-hydrogen) atoms. The molecule has 4 nitrogen and oxygen atoms in total. The predicted octanol–water partition coefficient (Wildman–Crippen LogP) is 2.28. The number of hydrogen-bond acceptors (Lipinski definition) is 3. The molecular formula is C15H18N2O2. The number of aromatic nitrogens is 1. The van der Waals surface area contributed by atoms with Gasteiger partial charge in [-0.05, 0) is 43.5 Å². The smallest absolute Gasteiger partial charge is 0.303 e. The molecule has 0 amide bonds. The fourth-order valence-electron chi connectivity index (χ4n) is 2.12. The monoisotopic (exact) mass is 258 g/mol. The van der Waals surface area contributed by atoms with Gasteiger partial charge < -0.3 is 10.8 Å². The normalized spacial score (nSPS) is 12.5. The third-order valence-electron chi connectivity index (χ3n) is 3.12. The number of hydrogen-bond donors (Lipinski definition) is 2. The Labute approximate surface area is 112 Å². The van der Waals surface area contributed by atoms with Crippen molar-refractivity contribution in [3.05, 3.63) is 41.6 Å². The molecule has 3 N–H and O–H groups in total. The van der Waals surface area contributed by atoms with Gasteiger partial charge in [0, 0.05) is 23.5 Å². The van der Waals surface area contributed by atoms with Gasteiger partial charge in [0.1, 0.15) is 0 Å². The summed E-state index contributed by atoms with van der Waals surface area (Å²) in [6.45, 7) is 1.97. The van der Waals surface area contributed by atoms with Crippen LogP contribution in [-0.4, -0.2) is 22.1 Å². The lowest BCUT2D eigenvalue weighted by atomic mass is 10.0. The number of aliphatic carboxylic acids is 1. The largest absolute Gasteiger partial charge is 0.481 e. The molecule has 0 saturated heterocycles. The van der Waals surface area contributed by atoms with Gasteiger partial charge in [0.2, 0.25) is 0 Å². The van der Waals surface area contributed by atoms with Crippen molar-refractivity contribution in [3.63, 3.8) is 0 Å². The standard InChI is InChI=1S/C15H18N2O2/c1-10-2-4-12-8-11(3-6-14(12)17-10)9-13(16)5-7-15(18)19/h2-4,6,8,13H,5,7,9,16H2,1H3,(H,18,19). The van der Waals surface area contributed by atoms with Gasteiger partial charge in [-0.15, -0.1) is 0 Å². The zero-order valence-electron chi connectivity index (χ0n) is 11.0. The number of benzene rings is 1. The summed E-state index contributed by atoms with van der Waals surface area (Å²) >= 11 is 0. The van der Waals surface area contributed by atoms with Crippen LogP contribution in [0.25, 0.3) is 10.9 Å². The van der Waals surface area contributed by atoms with E-state index in [0.717, 1.165) is 22.2 Å². The molecule has 0 fully saturated rings. The van der Waals surface area contributed by atoms with Crippen molar-refractivity contribution in [2.24, 2.45) is 5.73 Å². The Morgan fingerprint density at radius 3 is 2.89 bits per heavy atom. The lowest BCUT2D eigenvalue weighted by molar-refractivity contribution is -0.137. The van der Waals surface area contributed by atoms with E-state index in [1.165, 1.54) is 0 Å². The second-order valence-electron chi connectivity index (χ2n) is 4.88. The van der Waals surface area contributed by atoms with E-state index in [4.69, 9.17) is 10.8 Å². The predicted molar refractivity (Wildman–Crippen MR) is 75.0 cm³/mol. The molecule has 0 radical (unpaired) electrons. The van der Waals surface area contributed by atoms with Gasteiger partial charge in [-0.1, -0.05) is 12.1 Å². The second kappa shape index (κ2) is 5.80. The molecule has 1 unspecified atom stereocenters. The number of rotatable bonds is 5. The fraction of sp³-hybridized carbons (Fsp3) is 0.333. The average Bonchev–Trinajstić information content (AvgIpc) is 2.36. The Kier molecular flexibility index (Phi) is 4.12. The van der Waals surface area contributed by atoms with E-state index in [1.54, 1.807) is 0 Å². The molecule has 1 aromatic heterocycles. The van der Waals surface area contributed by atoms with Crippen LogP contribution >= 0.6 is 0 Å². The maximum absolute atomic E-state index is 10.5. The molecular weight excluding hydrogens is 240 g/mol. The van der Waals surface area contributed by atoms with Crippen molar-refractivity contribution in [1.29, 1.82) is 0 Å². The van der Waals surface area contributed by atoms with Crippen LogP contribution in [0.4, 0.5) is 0 Å². The molecule has 0 aliphatic rings. The Bertz CT molecular complexity index is 596. The van der Waals surface area contributed by atoms with Crippen LogP contribution in [0.3, 0.4) is 0 Å². The first-order valence-electron chi connectivity index (χ1n) is 6.38. The van der Waals surface area contributed by atoms with Gasteiger partial charge in [0.05, 0.1) is 5.52 Å². The van der Waals surface area contributed by atoms with Gasteiger partial charge in [0.25, 0.3) is 0 Å². The highest BCUT2D eigenvalue weighted by molar-refractivity contribution is 5.79. The highest BCUT2D eigenvalue weighted by Crippen LogP contribution is 2.16. The topological polar surface area (TPSA) is 76.2 Å². The van der Waals surface area contributed by atoms with Crippen LogP contribution in [0.2, 0.25) is 0 Å². The van der Waals surface area contributed by atoms with E-state index in [-0.39, 0.29) is 12.5 Å². The maximum atomic E-state index is 10.5. The maximum Gasteiger partial charge on any atom is 0.303 e. The molecule has 0 aliphatic heterocycles. The highest BCUT2D eigenvalue weighted by Gasteiger charge is 2.07. The molecule has 1 heterocycles. The minimum atomic E-state index is -0.798. The van der Waals surface area contributed by atoms with E-state index in [9.17, 15) is 4.79 Å². The van der Waals surface area contributed by atoms with Crippen LogP contribution in [0.5, 0.6) is 0 Å². The van der Waals surface area contributed by atoms with Crippen LogP contribution in [-0.2, 0) is 11.2 Å². The number of nitrogens with two attached hydrogens (primary N) is 1. The molecule has 2 aromatic rings. The minimum Gasteiger partial charge on any atom is -0.481 e.